The molecule has 2 aliphatic rings. The van der Waals surface area contributed by atoms with Crippen LogP contribution in [0.15, 0.2) is 22.4 Å². The highest BCUT2D eigenvalue weighted by molar-refractivity contribution is 7.15. The molecule has 1 saturated carbocycles. The predicted octanol–water partition coefficient (Wildman–Crippen LogP) is 2.39. The second-order valence-electron chi connectivity index (χ2n) is 8.40. The number of hydrogen-bond donors (Lipinski definition) is 1. The lowest BCUT2D eigenvalue weighted by Gasteiger charge is -2.43. The molecule has 1 aliphatic heterocycles. The Bertz CT molecular complexity index is 963. The van der Waals surface area contributed by atoms with Crippen LogP contribution in [-0.2, 0) is 11.3 Å². The number of carbonyl (C=O) groups excluding carboxylic acids is 2. The van der Waals surface area contributed by atoms with Gasteiger partial charge in [-0.3, -0.25) is 18.9 Å². The lowest BCUT2D eigenvalue weighted by molar-refractivity contribution is -0.135. The number of amides is 3. The quantitative estimate of drug-likeness (QED) is 0.818. The topological polar surface area (TPSA) is 83.8 Å². The molecule has 0 bridgehead atoms. The zero-order chi connectivity index (χ0) is 18.7. The maximum atomic E-state index is 13.2. The SMILES string of the molecule is C[C@@H]1CC(C)(C)C[C@@]2(C1)NC(=O)N(Cc1cc(=O)n3ccsc3n1)C2=O. The standard InChI is InChI=1S/C18H22N4O3S/c1-11-7-17(2,3)10-18(8-11)14(24)22(15(25)20-18)9-12-6-13(23)21-4-5-26-16(21)19-12/h4-6,11H,7-10H2,1-3H3,(H,20,25)/t11-,18-/m1/s1. The number of thiazole rings is 1. The van der Waals surface area contributed by atoms with Crippen molar-refractivity contribution in [3.63, 3.8) is 0 Å². The van der Waals surface area contributed by atoms with E-state index in [-0.39, 0.29) is 23.4 Å². The number of hydrogen-bond acceptors (Lipinski definition) is 5. The Kier molecular flexibility index (Phi) is 3.73. The van der Waals surface area contributed by atoms with Crippen molar-refractivity contribution in [2.45, 2.75) is 52.1 Å². The summed E-state index contributed by atoms with van der Waals surface area (Å²) in [4.78, 5) is 44.1. The van der Waals surface area contributed by atoms with Gasteiger partial charge in [0.25, 0.3) is 11.5 Å². The summed E-state index contributed by atoms with van der Waals surface area (Å²) in [6.07, 6.45) is 3.97. The normalized spacial score (nSPS) is 28.1. The van der Waals surface area contributed by atoms with Crippen LogP contribution in [-0.4, -0.2) is 31.8 Å². The molecule has 138 valence electrons. The van der Waals surface area contributed by atoms with E-state index in [4.69, 9.17) is 0 Å². The van der Waals surface area contributed by atoms with Crippen LogP contribution in [0.4, 0.5) is 4.79 Å². The smallest absolute Gasteiger partial charge is 0.323 e. The van der Waals surface area contributed by atoms with E-state index in [2.05, 4.69) is 31.1 Å². The first-order valence-corrected chi connectivity index (χ1v) is 9.67. The van der Waals surface area contributed by atoms with E-state index in [1.165, 1.54) is 26.7 Å². The fraction of sp³-hybridized carbons (Fsp3) is 0.556. The van der Waals surface area contributed by atoms with E-state index in [0.717, 1.165) is 6.42 Å². The molecular formula is C18H22N4O3S. The Labute approximate surface area is 155 Å². The van der Waals surface area contributed by atoms with Gasteiger partial charge in [0.1, 0.15) is 5.54 Å². The van der Waals surface area contributed by atoms with Crippen LogP contribution in [0.25, 0.3) is 4.96 Å². The highest BCUT2D eigenvalue weighted by Crippen LogP contribution is 2.46. The van der Waals surface area contributed by atoms with Crippen molar-refractivity contribution >= 4 is 28.2 Å². The fourth-order valence-electron chi connectivity index (χ4n) is 4.78. The molecule has 2 atom stereocenters. The molecule has 2 aromatic heterocycles. The first kappa shape index (κ1) is 17.2. The Morgan fingerprint density at radius 2 is 2.08 bits per heavy atom. The first-order valence-electron chi connectivity index (χ1n) is 8.79. The molecule has 7 nitrogen and oxygen atoms in total. The predicted molar refractivity (Wildman–Crippen MR) is 97.9 cm³/mol. The molecule has 2 fully saturated rings. The van der Waals surface area contributed by atoms with Gasteiger partial charge in [0.05, 0.1) is 12.2 Å². The highest BCUT2D eigenvalue weighted by atomic mass is 32.1. The average molecular weight is 374 g/mol. The summed E-state index contributed by atoms with van der Waals surface area (Å²) in [6, 6.07) is 0.992. The Morgan fingerprint density at radius 3 is 2.81 bits per heavy atom. The van der Waals surface area contributed by atoms with Crippen molar-refractivity contribution in [2.24, 2.45) is 11.3 Å². The number of nitrogens with zero attached hydrogens (tertiary/aromatic N) is 3. The van der Waals surface area contributed by atoms with Gasteiger partial charge in [-0.15, -0.1) is 11.3 Å². The van der Waals surface area contributed by atoms with Crippen LogP contribution in [0.3, 0.4) is 0 Å². The molecule has 4 rings (SSSR count). The second-order valence-corrected chi connectivity index (χ2v) is 9.27. The highest BCUT2D eigenvalue weighted by Gasteiger charge is 2.56. The summed E-state index contributed by atoms with van der Waals surface area (Å²) in [5, 5.41) is 4.73. The minimum absolute atomic E-state index is 0.0103. The zero-order valence-corrected chi connectivity index (χ0v) is 15.9. The van der Waals surface area contributed by atoms with Crippen LogP contribution in [0, 0.1) is 11.3 Å². The van der Waals surface area contributed by atoms with E-state index in [1.807, 2.05) is 0 Å². The van der Waals surface area contributed by atoms with Crippen LogP contribution in [0.5, 0.6) is 0 Å². The third-order valence-corrected chi connectivity index (χ3v) is 6.06. The van der Waals surface area contributed by atoms with Crippen molar-refractivity contribution in [3.8, 4) is 0 Å². The van der Waals surface area contributed by atoms with E-state index in [1.54, 1.807) is 11.6 Å². The molecule has 3 amide bonds. The number of aromatic nitrogens is 2. The first-order chi connectivity index (χ1) is 12.2. The van der Waals surface area contributed by atoms with E-state index in [9.17, 15) is 14.4 Å². The van der Waals surface area contributed by atoms with E-state index < -0.39 is 11.6 Å². The molecule has 2 aromatic rings. The Balaban J connectivity index is 1.64. The van der Waals surface area contributed by atoms with Crippen LogP contribution in [0.2, 0.25) is 0 Å². The summed E-state index contributed by atoms with van der Waals surface area (Å²) in [6.45, 7) is 6.42. The monoisotopic (exact) mass is 374 g/mol. The van der Waals surface area contributed by atoms with Gasteiger partial charge in [-0.05, 0) is 30.6 Å². The minimum Gasteiger partial charge on any atom is -0.323 e. The van der Waals surface area contributed by atoms with Gasteiger partial charge < -0.3 is 5.32 Å². The number of rotatable bonds is 2. The van der Waals surface area contributed by atoms with Gasteiger partial charge in [0.15, 0.2) is 4.96 Å². The lowest BCUT2D eigenvalue weighted by atomic mass is 9.64. The molecular weight excluding hydrogens is 352 g/mol. The maximum absolute atomic E-state index is 13.2. The molecule has 26 heavy (non-hydrogen) atoms. The largest absolute Gasteiger partial charge is 0.325 e. The molecule has 1 saturated heterocycles. The lowest BCUT2D eigenvalue weighted by Crippen LogP contribution is -2.54. The number of urea groups is 1. The zero-order valence-electron chi connectivity index (χ0n) is 15.1. The van der Waals surface area contributed by atoms with Crippen LogP contribution < -0.4 is 10.9 Å². The second kappa shape index (κ2) is 5.64. The third kappa shape index (κ3) is 2.72. The van der Waals surface area contributed by atoms with Gasteiger partial charge >= 0.3 is 6.03 Å². The summed E-state index contributed by atoms with van der Waals surface area (Å²) < 4.78 is 1.45. The Hall–Kier alpha value is -2.22. The van der Waals surface area contributed by atoms with Gasteiger partial charge in [-0.25, -0.2) is 9.78 Å². The van der Waals surface area contributed by atoms with Gasteiger partial charge in [0, 0.05) is 17.6 Å². The van der Waals surface area contributed by atoms with E-state index in [0.29, 0.717) is 29.4 Å². The summed E-state index contributed by atoms with van der Waals surface area (Å²) in [5.41, 5.74) is -0.620. The molecule has 3 heterocycles. The van der Waals surface area contributed by atoms with Crippen LogP contribution >= 0.6 is 11.3 Å². The van der Waals surface area contributed by atoms with Gasteiger partial charge in [0.2, 0.25) is 0 Å². The van der Waals surface area contributed by atoms with Crippen molar-refractivity contribution in [3.05, 3.63) is 33.7 Å². The summed E-state index contributed by atoms with van der Waals surface area (Å²) in [5.74, 6) is 0.156. The summed E-state index contributed by atoms with van der Waals surface area (Å²) >= 11 is 1.34. The molecule has 0 radical (unpaired) electrons. The number of imide groups is 1. The molecule has 1 aliphatic carbocycles. The fourth-order valence-corrected chi connectivity index (χ4v) is 5.52. The number of fused-ring (bicyclic) bond motifs is 1. The molecule has 1 spiro atoms. The number of nitrogens with one attached hydrogen (secondary N) is 1. The number of carbonyl (C=O) groups is 2. The Morgan fingerprint density at radius 1 is 1.31 bits per heavy atom. The van der Waals surface area contributed by atoms with E-state index >= 15 is 0 Å². The molecule has 8 heteroatoms. The van der Waals surface area contributed by atoms with Crippen molar-refractivity contribution < 1.29 is 9.59 Å². The maximum Gasteiger partial charge on any atom is 0.325 e. The van der Waals surface area contributed by atoms with Crippen molar-refractivity contribution in [1.82, 2.24) is 19.6 Å². The average Bonchev–Trinajstić information content (AvgIpc) is 3.05. The third-order valence-electron chi connectivity index (χ3n) is 5.30. The summed E-state index contributed by atoms with van der Waals surface area (Å²) in [7, 11) is 0. The molecule has 0 aromatic carbocycles. The van der Waals surface area contributed by atoms with Crippen molar-refractivity contribution in [2.75, 3.05) is 0 Å². The van der Waals surface area contributed by atoms with Gasteiger partial charge in [-0.1, -0.05) is 20.8 Å². The van der Waals surface area contributed by atoms with Crippen LogP contribution in [0.1, 0.15) is 45.7 Å². The molecule has 0 unspecified atom stereocenters. The minimum atomic E-state index is -0.833. The molecule has 1 N–H and O–H groups in total. The van der Waals surface area contributed by atoms with Gasteiger partial charge in [-0.2, -0.15) is 0 Å². The van der Waals surface area contributed by atoms with Crippen molar-refractivity contribution in [1.29, 1.82) is 0 Å².